The second-order valence-corrected chi connectivity index (χ2v) is 3.97. The van der Waals surface area contributed by atoms with Gasteiger partial charge in [-0.25, -0.2) is 8.78 Å². The number of rotatable bonds is 2. The molecule has 12 heavy (non-hydrogen) atoms. The quantitative estimate of drug-likeness (QED) is 0.683. The average molecular weight is 177 g/mol. The Kier molecular flexibility index (Phi) is 3.04. The Balaban J connectivity index is 2.36. The van der Waals surface area contributed by atoms with Crippen molar-refractivity contribution in [2.45, 2.75) is 57.5 Å². The number of halogens is 2. The molecule has 0 aromatic carbocycles. The predicted octanol–water partition coefficient (Wildman–Crippen LogP) is 2.56. The molecule has 0 aromatic rings. The minimum Gasteiger partial charge on any atom is -0.312 e. The topological polar surface area (TPSA) is 12.0 Å². The summed E-state index contributed by atoms with van der Waals surface area (Å²) >= 11 is 0. The molecular formula is C9H17F2N. The summed E-state index contributed by atoms with van der Waals surface area (Å²) in [6.07, 6.45) is 1.64. The zero-order valence-electron chi connectivity index (χ0n) is 7.74. The van der Waals surface area contributed by atoms with Crippen LogP contribution in [0.5, 0.6) is 0 Å². The molecule has 1 aliphatic rings. The largest absolute Gasteiger partial charge is 0.312 e. The minimum atomic E-state index is -2.43. The first-order valence-corrected chi connectivity index (χ1v) is 4.63. The fourth-order valence-corrected chi connectivity index (χ4v) is 1.79. The molecule has 1 fully saturated rings. The molecule has 72 valence electrons. The Labute approximate surface area is 72.5 Å². The molecular weight excluding hydrogens is 160 g/mol. The molecule has 1 atom stereocenters. The molecule has 1 rings (SSSR count). The van der Waals surface area contributed by atoms with Crippen molar-refractivity contribution in [3.63, 3.8) is 0 Å². The van der Waals surface area contributed by atoms with Crippen LogP contribution >= 0.6 is 0 Å². The summed E-state index contributed by atoms with van der Waals surface area (Å²) in [6.45, 7) is 3.99. The lowest BCUT2D eigenvalue weighted by atomic mass is 9.92. The third-order valence-electron chi connectivity index (χ3n) is 2.21. The van der Waals surface area contributed by atoms with Crippen molar-refractivity contribution < 1.29 is 8.78 Å². The van der Waals surface area contributed by atoms with E-state index in [1.807, 2.05) is 13.8 Å². The minimum absolute atomic E-state index is 0.0190. The van der Waals surface area contributed by atoms with E-state index in [9.17, 15) is 8.78 Å². The molecule has 0 spiro atoms. The van der Waals surface area contributed by atoms with Crippen molar-refractivity contribution >= 4 is 0 Å². The lowest BCUT2D eigenvalue weighted by Gasteiger charge is -2.30. The van der Waals surface area contributed by atoms with Crippen LogP contribution in [0.25, 0.3) is 0 Å². The highest BCUT2D eigenvalue weighted by atomic mass is 19.3. The normalized spacial score (nSPS) is 29.2. The van der Waals surface area contributed by atoms with Gasteiger partial charge >= 0.3 is 0 Å². The van der Waals surface area contributed by atoms with Crippen LogP contribution in [0.3, 0.4) is 0 Å². The third-order valence-corrected chi connectivity index (χ3v) is 2.21. The van der Waals surface area contributed by atoms with E-state index in [4.69, 9.17) is 0 Å². The Bertz CT molecular complexity index is 145. The first kappa shape index (κ1) is 9.90. The fraction of sp³-hybridized carbons (Fsp3) is 1.00. The summed E-state index contributed by atoms with van der Waals surface area (Å²) in [4.78, 5) is 0. The SMILES string of the molecule is CC(C)NC1CCCC(F)(F)C1. The highest BCUT2D eigenvalue weighted by molar-refractivity contribution is 4.83. The summed E-state index contributed by atoms with van der Waals surface area (Å²) in [6, 6.07) is 0.331. The molecule has 1 nitrogen and oxygen atoms in total. The number of nitrogens with one attached hydrogen (secondary N) is 1. The molecule has 0 saturated heterocycles. The second-order valence-electron chi connectivity index (χ2n) is 3.97. The van der Waals surface area contributed by atoms with Gasteiger partial charge in [-0.15, -0.1) is 0 Å². The van der Waals surface area contributed by atoms with Gasteiger partial charge in [0.2, 0.25) is 5.92 Å². The maximum Gasteiger partial charge on any atom is 0.249 e. The molecule has 1 aliphatic carbocycles. The lowest BCUT2D eigenvalue weighted by molar-refractivity contribution is -0.0448. The molecule has 0 aromatic heterocycles. The Hall–Kier alpha value is -0.180. The van der Waals surface area contributed by atoms with Crippen LogP contribution < -0.4 is 5.32 Å². The molecule has 0 aliphatic heterocycles. The van der Waals surface area contributed by atoms with E-state index in [0.29, 0.717) is 12.5 Å². The second kappa shape index (κ2) is 3.69. The molecule has 1 unspecified atom stereocenters. The standard InChI is InChI=1S/C9H17F2N/c1-7(2)12-8-4-3-5-9(10,11)6-8/h7-8,12H,3-6H2,1-2H3. The van der Waals surface area contributed by atoms with Crippen molar-refractivity contribution in [1.82, 2.24) is 5.32 Å². The van der Waals surface area contributed by atoms with Gasteiger partial charge in [-0.2, -0.15) is 0 Å². The average Bonchev–Trinajstić information content (AvgIpc) is 1.82. The van der Waals surface area contributed by atoms with E-state index in [0.717, 1.165) is 6.42 Å². The summed E-state index contributed by atoms with van der Waals surface area (Å²) in [5.41, 5.74) is 0. The van der Waals surface area contributed by atoms with Crippen LogP contribution in [0.15, 0.2) is 0 Å². The van der Waals surface area contributed by atoms with E-state index in [1.165, 1.54) is 0 Å². The fourth-order valence-electron chi connectivity index (χ4n) is 1.79. The maximum atomic E-state index is 12.9. The lowest BCUT2D eigenvalue weighted by Crippen LogP contribution is -2.42. The smallest absolute Gasteiger partial charge is 0.249 e. The maximum absolute atomic E-state index is 12.9. The first-order chi connectivity index (χ1) is 5.49. The van der Waals surface area contributed by atoms with E-state index in [-0.39, 0.29) is 18.9 Å². The zero-order valence-corrected chi connectivity index (χ0v) is 7.74. The third kappa shape index (κ3) is 3.05. The van der Waals surface area contributed by atoms with Crippen LogP contribution in [0, 0.1) is 0 Å². The van der Waals surface area contributed by atoms with Gasteiger partial charge in [0.1, 0.15) is 0 Å². The van der Waals surface area contributed by atoms with E-state index >= 15 is 0 Å². The van der Waals surface area contributed by atoms with Gasteiger partial charge in [-0.05, 0) is 12.8 Å². The van der Waals surface area contributed by atoms with Crippen molar-refractivity contribution in [2.24, 2.45) is 0 Å². The van der Waals surface area contributed by atoms with Gasteiger partial charge < -0.3 is 5.32 Å². The van der Waals surface area contributed by atoms with E-state index in [1.54, 1.807) is 0 Å². The van der Waals surface area contributed by atoms with Crippen LogP contribution in [-0.2, 0) is 0 Å². The van der Waals surface area contributed by atoms with E-state index < -0.39 is 5.92 Å². The van der Waals surface area contributed by atoms with Crippen LogP contribution in [0.2, 0.25) is 0 Å². The molecule has 0 radical (unpaired) electrons. The summed E-state index contributed by atoms with van der Waals surface area (Å²) < 4.78 is 25.7. The van der Waals surface area contributed by atoms with Gasteiger partial charge in [0, 0.05) is 24.9 Å². The summed E-state index contributed by atoms with van der Waals surface area (Å²) in [5.74, 6) is -2.43. The van der Waals surface area contributed by atoms with Crippen molar-refractivity contribution in [1.29, 1.82) is 0 Å². The van der Waals surface area contributed by atoms with Gasteiger partial charge in [0.25, 0.3) is 0 Å². The summed E-state index contributed by atoms with van der Waals surface area (Å²) in [7, 11) is 0. The van der Waals surface area contributed by atoms with Crippen LogP contribution in [0.1, 0.15) is 39.5 Å². The molecule has 1 saturated carbocycles. The van der Waals surface area contributed by atoms with Gasteiger partial charge in [0.15, 0.2) is 0 Å². The number of hydrogen-bond acceptors (Lipinski definition) is 1. The number of alkyl halides is 2. The molecule has 0 heterocycles. The highest BCUT2D eigenvalue weighted by Crippen LogP contribution is 2.33. The number of hydrogen-bond donors (Lipinski definition) is 1. The van der Waals surface area contributed by atoms with Gasteiger partial charge in [-0.3, -0.25) is 0 Å². The Morgan fingerprint density at radius 1 is 1.42 bits per heavy atom. The molecule has 0 amide bonds. The van der Waals surface area contributed by atoms with Gasteiger partial charge in [0.05, 0.1) is 0 Å². The van der Waals surface area contributed by atoms with Crippen molar-refractivity contribution in [3.8, 4) is 0 Å². The Morgan fingerprint density at radius 2 is 2.08 bits per heavy atom. The predicted molar refractivity (Wildman–Crippen MR) is 45.5 cm³/mol. The Morgan fingerprint density at radius 3 is 2.58 bits per heavy atom. The van der Waals surface area contributed by atoms with Crippen LogP contribution in [0.4, 0.5) is 8.78 Å². The van der Waals surface area contributed by atoms with Crippen molar-refractivity contribution in [3.05, 3.63) is 0 Å². The molecule has 0 bridgehead atoms. The van der Waals surface area contributed by atoms with E-state index in [2.05, 4.69) is 5.32 Å². The molecule has 3 heteroatoms. The van der Waals surface area contributed by atoms with Gasteiger partial charge in [-0.1, -0.05) is 13.8 Å². The molecule has 1 N–H and O–H groups in total. The highest BCUT2D eigenvalue weighted by Gasteiger charge is 2.36. The summed E-state index contributed by atoms with van der Waals surface area (Å²) in [5, 5.41) is 3.16. The first-order valence-electron chi connectivity index (χ1n) is 4.63. The van der Waals surface area contributed by atoms with Crippen LogP contribution in [-0.4, -0.2) is 18.0 Å². The van der Waals surface area contributed by atoms with Crippen molar-refractivity contribution in [2.75, 3.05) is 0 Å². The monoisotopic (exact) mass is 177 g/mol. The zero-order chi connectivity index (χ0) is 9.19.